The van der Waals surface area contributed by atoms with Crippen LogP contribution in [0.4, 0.5) is 10.1 Å². The standard InChI is InChI=1S/C23H26FNO5/c1-4-12-29-20-10-7-17(14-21(20)28-5-2)8-11-23(27)30-15-22(26)25-19-9-6-16(3)13-18(19)24/h6-11,13-14H,4-5,12,15H2,1-3H3,(H,25,26)/b11-8+. The van der Waals surface area contributed by atoms with Gasteiger partial charge < -0.3 is 19.5 Å². The Morgan fingerprint density at radius 1 is 1.07 bits per heavy atom. The van der Waals surface area contributed by atoms with Gasteiger partial charge in [-0.05, 0) is 61.7 Å². The third-order valence-electron chi connectivity index (χ3n) is 3.89. The number of benzene rings is 2. The highest BCUT2D eigenvalue weighted by molar-refractivity contribution is 5.94. The van der Waals surface area contributed by atoms with Crippen molar-refractivity contribution in [1.29, 1.82) is 0 Å². The monoisotopic (exact) mass is 415 g/mol. The van der Waals surface area contributed by atoms with E-state index in [4.69, 9.17) is 14.2 Å². The minimum atomic E-state index is -0.696. The zero-order valence-corrected chi connectivity index (χ0v) is 17.4. The van der Waals surface area contributed by atoms with E-state index in [1.165, 1.54) is 18.2 Å². The van der Waals surface area contributed by atoms with Crippen LogP contribution >= 0.6 is 0 Å². The van der Waals surface area contributed by atoms with E-state index in [1.54, 1.807) is 37.3 Å². The Balaban J connectivity index is 1.90. The summed E-state index contributed by atoms with van der Waals surface area (Å²) in [7, 11) is 0. The number of rotatable bonds is 10. The number of halogens is 1. The van der Waals surface area contributed by atoms with Gasteiger partial charge in [-0.25, -0.2) is 9.18 Å². The predicted octanol–water partition coefficient (Wildman–Crippen LogP) is 4.52. The Kier molecular flexibility index (Phi) is 8.87. The number of carbonyl (C=O) groups is 2. The van der Waals surface area contributed by atoms with E-state index in [9.17, 15) is 14.0 Å². The number of hydrogen-bond acceptors (Lipinski definition) is 5. The van der Waals surface area contributed by atoms with Crippen molar-refractivity contribution < 1.29 is 28.2 Å². The molecule has 0 atom stereocenters. The molecule has 0 radical (unpaired) electrons. The van der Waals surface area contributed by atoms with Gasteiger partial charge in [0.05, 0.1) is 18.9 Å². The van der Waals surface area contributed by atoms with Gasteiger partial charge in [-0.2, -0.15) is 0 Å². The molecule has 0 unspecified atom stereocenters. The molecule has 0 saturated heterocycles. The molecular formula is C23H26FNO5. The van der Waals surface area contributed by atoms with Gasteiger partial charge in [-0.3, -0.25) is 4.79 Å². The number of ether oxygens (including phenoxy) is 3. The lowest BCUT2D eigenvalue weighted by atomic mass is 10.2. The molecule has 0 aromatic heterocycles. The molecule has 0 saturated carbocycles. The molecule has 7 heteroatoms. The van der Waals surface area contributed by atoms with Crippen molar-refractivity contribution in [3.05, 3.63) is 59.4 Å². The van der Waals surface area contributed by atoms with Crippen molar-refractivity contribution in [2.75, 3.05) is 25.1 Å². The maximum absolute atomic E-state index is 13.7. The Morgan fingerprint density at radius 3 is 2.57 bits per heavy atom. The zero-order chi connectivity index (χ0) is 21.9. The van der Waals surface area contributed by atoms with Gasteiger partial charge in [0, 0.05) is 6.08 Å². The Hall–Kier alpha value is -3.35. The van der Waals surface area contributed by atoms with Crippen LogP contribution in [-0.4, -0.2) is 31.7 Å². The lowest BCUT2D eigenvalue weighted by molar-refractivity contribution is -0.142. The van der Waals surface area contributed by atoms with E-state index >= 15 is 0 Å². The van der Waals surface area contributed by atoms with E-state index in [0.717, 1.165) is 12.0 Å². The van der Waals surface area contributed by atoms with Crippen LogP contribution in [0.5, 0.6) is 11.5 Å². The SMILES string of the molecule is CCCOc1ccc(/C=C/C(=O)OCC(=O)Nc2ccc(C)cc2F)cc1OCC. The molecule has 6 nitrogen and oxygen atoms in total. The summed E-state index contributed by atoms with van der Waals surface area (Å²) in [6, 6.07) is 9.74. The molecule has 0 aliphatic carbocycles. The van der Waals surface area contributed by atoms with Gasteiger partial charge in [0.15, 0.2) is 18.1 Å². The quantitative estimate of drug-likeness (QED) is 0.456. The minimum Gasteiger partial charge on any atom is -0.490 e. The number of carbonyl (C=O) groups excluding carboxylic acids is 2. The Morgan fingerprint density at radius 2 is 1.87 bits per heavy atom. The number of nitrogens with one attached hydrogen (secondary N) is 1. The number of anilines is 1. The zero-order valence-electron chi connectivity index (χ0n) is 17.4. The van der Waals surface area contributed by atoms with Gasteiger partial charge >= 0.3 is 5.97 Å². The molecule has 160 valence electrons. The fraction of sp³-hybridized carbons (Fsp3) is 0.304. The van der Waals surface area contributed by atoms with Crippen molar-refractivity contribution in [2.24, 2.45) is 0 Å². The molecule has 30 heavy (non-hydrogen) atoms. The fourth-order valence-corrected chi connectivity index (χ4v) is 2.48. The second-order valence-corrected chi connectivity index (χ2v) is 6.46. The average molecular weight is 415 g/mol. The number of amides is 1. The molecule has 2 rings (SSSR count). The predicted molar refractivity (Wildman–Crippen MR) is 113 cm³/mol. The van der Waals surface area contributed by atoms with Gasteiger partial charge in [-0.15, -0.1) is 0 Å². The Bertz CT molecular complexity index is 910. The normalized spacial score (nSPS) is 10.7. The van der Waals surface area contributed by atoms with Crippen molar-refractivity contribution in [3.63, 3.8) is 0 Å². The van der Waals surface area contributed by atoms with E-state index in [-0.39, 0.29) is 5.69 Å². The van der Waals surface area contributed by atoms with E-state index in [0.29, 0.717) is 30.3 Å². The number of hydrogen-bond donors (Lipinski definition) is 1. The molecule has 2 aromatic rings. The van der Waals surface area contributed by atoms with Gasteiger partial charge in [0.25, 0.3) is 5.91 Å². The summed E-state index contributed by atoms with van der Waals surface area (Å²) in [6.07, 6.45) is 3.63. The van der Waals surface area contributed by atoms with Crippen LogP contribution in [0, 0.1) is 12.7 Å². The maximum Gasteiger partial charge on any atom is 0.331 e. The lowest BCUT2D eigenvalue weighted by Gasteiger charge is -2.12. The molecule has 0 fully saturated rings. The maximum atomic E-state index is 13.7. The van der Waals surface area contributed by atoms with E-state index in [1.807, 2.05) is 13.8 Å². The van der Waals surface area contributed by atoms with Crippen LogP contribution in [0.2, 0.25) is 0 Å². The second kappa shape index (κ2) is 11.6. The molecule has 1 N–H and O–H groups in total. The first-order valence-corrected chi connectivity index (χ1v) is 9.73. The molecule has 0 spiro atoms. The number of aryl methyl sites for hydroxylation is 1. The van der Waals surface area contributed by atoms with Gasteiger partial charge in [-0.1, -0.05) is 19.1 Å². The summed E-state index contributed by atoms with van der Waals surface area (Å²) >= 11 is 0. The van der Waals surface area contributed by atoms with Crippen LogP contribution in [0.15, 0.2) is 42.5 Å². The molecule has 1 amide bonds. The molecule has 2 aromatic carbocycles. The third kappa shape index (κ3) is 7.24. The van der Waals surface area contributed by atoms with Crippen LogP contribution in [0.25, 0.3) is 6.08 Å². The van der Waals surface area contributed by atoms with Crippen LogP contribution in [-0.2, 0) is 14.3 Å². The summed E-state index contributed by atoms with van der Waals surface area (Å²) in [5.74, 6) is -0.653. The van der Waals surface area contributed by atoms with Crippen LogP contribution in [0.3, 0.4) is 0 Å². The largest absolute Gasteiger partial charge is 0.490 e. The number of esters is 1. The van der Waals surface area contributed by atoms with E-state index < -0.39 is 24.3 Å². The highest BCUT2D eigenvalue weighted by atomic mass is 19.1. The molecule has 0 bridgehead atoms. The van der Waals surface area contributed by atoms with Crippen molar-refractivity contribution >= 4 is 23.6 Å². The van der Waals surface area contributed by atoms with E-state index in [2.05, 4.69) is 5.32 Å². The topological polar surface area (TPSA) is 73.9 Å². The second-order valence-electron chi connectivity index (χ2n) is 6.46. The summed E-state index contributed by atoms with van der Waals surface area (Å²) in [5, 5.41) is 2.37. The van der Waals surface area contributed by atoms with Gasteiger partial charge in [0.2, 0.25) is 0 Å². The highest BCUT2D eigenvalue weighted by Gasteiger charge is 2.10. The summed E-state index contributed by atoms with van der Waals surface area (Å²) < 4.78 is 29.9. The minimum absolute atomic E-state index is 0.0334. The average Bonchev–Trinajstić information content (AvgIpc) is 2.72. The molecular weight excluding hydrogens is 389 g/mol. The van der Waals surface area contributed by atoms with Crippen molar-refractivity contribution in [1.82, 2.24) is 0 Å². The first-order chi connectivity index (χ1) is 14.4. The summed E-state index contributed by atoms with van der Waals surface area (Å²) in [5.41, 5.74) is 1.48. The first-order valence-electron chi connectivity index (χ1n) is 9.73. The summed E-state index contributed by atoms with van der Waals surface area (Å²) in [6.45, 7) is 6.17. The fourth-order valence-electron chi connectivity index (χ4n) is 2.48. The first kappa shape index (κ1) is 22.9. The van der Waals surface area contributed by atoms with Crippen molar-refractivity contribution in [3.8, 4) is 11.5 Å². The lowest BCUT2D eigenvalue weighted by Crippen LogP contribution is -2.20. The van der Waals surface area contributed by atoms with Crippen LogP contribution in [0.1, 0.15) is 31.4 Å². The molecule has 0 aliphatic rings. The Labute approximate surface area is 175 Å². The van der Waals surface area contributed by atoms with Crippen molar-refractivity contribution in [2.45, 2.75) is 27.2 Å². The third-order valence-corrected chi connectivity index (χ3v) is 3.89. The highest BCUT2D eigenvalue weighted by Crippen LogP contribution is 2.29. The molecule has 0 heterocycles. The summed E-state index contributed by atoms with van der Waals surface area (Å²) in [4.78, 5) is 23.7. The van der Waals surface area contributed by atoms with Crippen LogP contribution < -0.4 is 14.8 Å². The molecule has 0 aliphatic heterocycles. The van der Waals surface area contributed by atoms with Gasteiger partial charge in [0.1, 0.15) is 5.82 Å². The smallest absolute Gasteiger partial charge is 0.331 e.